The Hall–Kier alpha value is -2.51. The fourth-order valence-electron chi connectivity index (χ4n) is 2.40. The van der Waals surface area contributed by atoms with Gasteiger partial charge in [0.1, 0.15) is 23.6 Å². The van der Waals surface area contributed by atoms with E-state index in [4.69, 9.17) is 5.26 Å². The minimum absolute atomic E-state index is 0.226. The molecule has 0 fully saturated rings. The molecule has 0 aliphatic carbocycles. The minimum Gasteiger partial charge on any atom is -0.224 e. The lowest BCUT2D eigenvalue weighted by Crippen LogP contribution is -2.42. The van der Waals surface area contributed by atoms with Gasteiger partial charge in [-0.1, -0.05) is 25.1 Å². The summed E-state index contributed by atoms with van der Waals surface area (Å²) in [6.45, 7) is 0.732. The summed E-state index contributed by atoms with van der Waals surface area (Å²) < 4.78 is 79.8. The van der Waals surface area contributed by atoms with E-state index in [0.717, 1.165) is 30.3 Å². The van der Waals surface area contributed by atoms with Gasteiger partial charge in [-0.3, -0.25) is 0 Å². The van der Waals surface area contributed by atoms with Gasteiger partial charge in [-0.2, -0.15) is 22.7 Å². The summed E-state index contributed by atoms with van der Waals surface area (Å²) in [6.07, 6.45) is -4.95. The zero-order chi connectivity index (χ0) is 19.5. The molecule has 1 atom stereocenters. The second kappa shape index (κ2) is 7.39. The molecule has 1 aromatic carbocycles. The molecule has 0 aliphatic rings. The molecule has 1 heterocycles. The normalized spacial score (nSPS) is 13.4. The maximum Gasteiger partial charge on any atom is 0.409 e. The van der Waals surface area contributed by atoms with E-state index in [2.05, 4.69) is 4.98 Å². The average Bonchev–Trinajstić information content (AvgIpc) is 2.59. The molecule has 10 heteroatoms. The van der Waals surface area contributed by atoms with Crippen molar-refractivity contribution in [1.29, 1.82) is 5.26 Å². The van der Waals surface area contributed by atoms with E-state index in [9.17, 15) is 26.0 Å². The average molecular weight is 387 g/mol. The SMILES string of the molecule is CCN(C(c1ccc(F)cc1)C(F)(F)F)S(=O)(=O)c1cccc(C#N)n1. The lowest BCUT2D eigenvalue weighted by atomic mass is 10.1. The van der Waals surface area contributed by atoms with Crippen molar-refractivity contribution in [2.45, 2.75) is 24.2 Å². The Morgan fingerprint density at radius 3 is 2.31 bits per heavy atom. The van der Waals surface area contributed by atoms with Crippen LogP contribution in [0.4, 0.5) is 17.6 Å². The predicted molar refractivity (Wildman–Crippen MR) is 83.7 cm³/mol. The predicted octanol–water partition coefficient (Wildman–Crippen LogP) is 3.41. The van der Waals surface area contributed by atoms with Crippen molar-refractivity contribution in [2.75, 3.05) is 6.54 Å². The van der Waals surface area contributed by atoms with Crippen LogP contribution in [0, 0.1) is 17.1 Å². The van der Waals surface area contributed by atoms with Gasteiger partial charge in [0.15, 0.2) is 5.03 Å². The van der Waals surface area contributed by atoms with Gasteiger partial charge in [0.2, 0.25) is 0 Å². The summed E-state index contributed by atoms with van der Waals surface area (Å²) in [7, 11) is -4.67. The number of hydrogen-bond acceptors (Lipinski definition) is 4. The van der Waals surface area contributed by atoms with Crippen molar-refractivity contribution in [3.63, 3.8) is 0 Å². The van der Waals surface area contributed by atoms with Gasteiger partial charge in [0, 0.05) is 6.54 Å². The molecule has 5 nitrogen and oxygen atoms in total. The summed E-state index contributed by atoms with van der Waals surface area (Å²) in [5.74, 6) is -0.746. The fourth-order valence-corrected chi connectivity index (χ4v) is 3.96. The van der Waals surface area contributed by atoms with Gasteiger partial charge in [-0.25, -0.2) is 17.8 Å². The van der Waals surface area contributed by atoms with E-state index in [0.29, 0.717) is 0 Å². The largest absolute Gasteiger partial charge is 0.409 e. The maximum absolute atomic E-state index is 13.7. The van der Waals surface area contributed by atoms with Crippen LogP contribution in [0.5, 0.6) is 0 Å². The van der Waals surface area contributed by atoms with Crippen LogP contribution in [0.3, 0.4) is 0 Å². The molecule has 0 aliphatic heterocycles. The Bertz CT molecular complexity index is 922. The number of pyridine rings is 1. The van der Waals surface area contributed by atoms with E-state index >= 15 is 0 Å². The summed E-state index contributed by atoms with van der Waals surface area (Å²) >= 11 is 0. The van der Waals surface area contributed by atoms with Gasteiger partial charge in [-0.15, -0.1) is 0 Å². The minimum atomic E-state index is -4.95. The Morgan fingerprint density at radius 2 is 1.81 bits per heavy atom. The van der Waals surface area contributed by atoms with Gasteiger partial charge in [0.25, 0.3) is 10.0 Å². The molecule has 0 spiro atoms. The Balaban J connectivity index is 2.60. The molecule has 1 aromatic heterocycles. The Labute approximate surface area is 147 Å². The van der Waals surface area contributed by atoms with E-state index in [1.54, 1.807) is 6.07 Å². The number of halogens is 4. The summed E-state index contributed by atoms with van der Waals surface area (Å²) in [4.78, 5) is 3.59. The monoisotopic (exact) mass is 387 g/mol. The Morgan fingerprint density at radius 1 is 1.19 bits per heavy atom. The first-order valence-electron chi connectivity index (χ1n) is 7.32. The van der Waals surface area contributed by atoms with Crippen molar-refractivity contribution in [3.05, 3.63) is 59.5 Å². The van der Waals surface area contributed by atoms with Crippen molar-refractivity contribution in [2.24, 2.45) is 0 Å². The van der Waals surface area contributed by atoms with Crippen LogP contribution in [0.1, 0.15) is 24.2 Å². The first kappa shape index (κ1) is 19.8. The molecular weight excluding hydrogens is 374 g/mol. The second-order valence-corrected chi connectivity index (χ2v) is 7.01. The van der Waals surface area contributed by atoms with Crippen LogP contribution in [0.25, 0.3) is 0 Å². The van der Waals surface area contributed by atoms with Crippen LogP contribution >= 0.6 is 0 Å². The molecule has 26 heavy (non-hydrogen) atoms. The zero-order valence-electron chi connectivity index (χ0n) is 13.4. The molecule has 0 saturated carbocycles. The van der Waals surface area contributed by atoms with Crippen LogP contribution in [-0.2, 0) is 10.0 Å². The Kier molecular flexibility index (Phi) is 5.63. The van der Waals surface area contributed by atoms with Gasteiger partial charge >= 0.3 is 6.18 Å². The molecule has 0 bridgehead atoms. The van der Waals surface area contributed by atoms with Crippen molar-refractivity contribution in [1.82, 2.24) is 9.29 Å². The van der Waals surface area contributed by atoms with Crippen LogP contribution in [0.2, 0.25) is 0 Å². The summed E-state index contributed by atoms with van der Waals surface area (Å²) in [5, 5.41) is 8.16. The van der Waals surface area contributed by atoms with Crippen LogP contribution in [-0.4, -0.2) is 30.4 Å². The highest BCUT2D eigenvalue weighted by molar-refractivity contribution is 7.89. The molecule has 0 amide bonds. The van der Waals surface area contributed by atoms with E-state index < -0.39 is 45.2 Å². The molecule has 138 valence electrons. The number of alkyl halides is 3. The number of benzene rings is 1. The molecule has 1 unspecified atom stereocenters. The number of nitrogens with zero attached hydrogens (tertiary/aromatic N) is 3. The molecule has 0 N–H and O–H groups in total. The van der Waals surface area contributed by atoms with Crippen molar-refractivity contribution < 1.29 is 26.0 Å². The fraction of sp³-hybridized carbons (Fsp3) is 0.250. The maximum atomic E-state index is 13.7. The van der Waals surface area contributed by atoms with Gasteiger partial charge in [0.05, 0.1) is 0 Å². The first-order chi connectivity index (χ1) is 12.1. The third kappa shape index (κ3) is 4.00. The third-order valence-corrected chi connectivity index (χ3v) is 5.35. The highest BCUT2D eigenvalue weighted by atomic mass is 32.2. The summed E-state index contributed by atoms with van der Waals surface area (Å²) in [5.41, 5.74) is -0.673. The highest BCUT2D eigenvalue weighted by Crippen LogP contribution is 2.40. The molecule has 2 rings (SSSR count). The lowest BCUT2D eigenvalue weighted by Gasteiger charge is -2.31. The van der Waals surface area contributed by atoms with E-state index in [1.165, 1.54) is 19.1 Å². The second-order valence-electron chi connectivity index (χ2n) is 5.18. The smallest absolute Gasteiger partial charge is 0.224 e. The van der Waals surface area contributed by atoms with E-state index in [-0.39, 0.29) is 10.00 Å². The standard InChI is InChI=1S/C16H13F4N3O2S/c1-2-23(26(24,25)14-5-3-4-13(10-21)22-14)15(16(18,19)20)11-6-8-12(17)9-7-11/h3-9,15H,2H2,1H3. The third-order valence-electron chi connectivity index (χ3n) is 3.51. The number of sulfonamides is 1. The molecule has 0 radical (unpaired) electrons. The van der Waals surface area contributed by atoms with Crippen molar-refractivity contribution in [3.8, 4) is 6.07 Å². The quantitative estimate of drug-likeness (QED) is 0.737. The number of aromatic nitrogens is 1. The van der Waals surface area contributed by atoms with Gasteiger partial charge < -0.3 is 0 Å². The summed E-state index contributed by atoms with van der Waals surface area (Å²) in [6, 6.07) is 5.98. The number of nitriles is 1. The van der Waals surface area contributed by atoms with E-state index in [1.807, 2.05) is 0 Å². The molecular formula is C16H13F4N3O2S. The number of rotatable bonds is 5. The van der Waals surface area contributed by atoms with Crippen LogP contribution in [0.15, 0.2) is 47.5 Å². The topological polar surface area (TPSA) is 74.1 Å². The lowest BCUT2D eigenvalue weighted by molar-refractivity contribution is -0.173. The van der Waals surface area contributed by atoms with Crippen molar-refractivity contribution >= 4 is 10.0 Å². The first-order valence-corrected chi connectivity index (χ1v) is 8.76. The molecule has 2 aromatic rings. The highest BCUT2D eigenvalue weighted by Gasteiger charge is 2.49. The zero-order valence-corrected chi connectivity index (χ0v) is 14.2. The molecule has 0 saturated heterocycles. The van der Waals surface area contributed by atoms with Gasteiger partial charge in [-0.05, 0) is 29.8 Å². The van der Waals surface area contributed by atoms with Crippen LogP contribution < -0.4 is 0 Å². The number of hydrogen-bond donors (Lipinski definition) is 0.